The number of nitrogens with zero attached hydrogens (tertiary/aromatic N) is 5. The van der Waals surface area contributed by atoms with Gasteiger partial charge >= 0.3 is 0 Å². The molecular weight excluding hydrogens is 370 g/mol. The summed E-state index contributed by atoms with van der Waals surface area (Å²) in [5.41, 5.74) is 2.69. The van der Waals surface area contributed by atoms with Gasteiger partial charge in [-0.3, -0.25) is 14.4 Å². The van der Waals surface area contributed by atoms with E-state index in [2.05, 4.69) is 42.9 Å². The standard InChI is InChI=1S/C21H29N5OS/c1-6-16-8-9-17-19(14-16)28-21(22-17)25(12-7-11-24(4)5)20(27)18-10-13-26(23-18)15(2)3/h8-10,13-15H,6-7,11-12H2,1-5H3. The Labute approximate surface area is 170 Å². The average molecular weight is 400 g/mol. The van der Waals surface area contributed by atoms with Crippen LogP contribution in [0.4, 0.5) is 5.13 Å². The summed E-state index contributed by atoms with van der Waals surface area (Å²) in [6.45, 7) is 7.77. The molecule has 3 rings (SSSR count). The minimum atomic E-state index is -0.0899. The van der Waals surface area contributed by atoms with Crippen LogP contribution in [0.15, 0.2) is 30.5 Å². The lowest BCUT2D eigenvalue weighted by molar-refractivity contribution is 0.0980. The van der Waals surface area contributed by atoms with Crippen LogP contribution < -0.4 is 4.90 Å². The Morgan fingerprint density at radius 3 is 2.64 bits per heavy atom. The zero-order valence-electron chi connectivity index (χ0n) is 17.3. The molecule has 2 heterocycles. The third-order valence-electron chi connectivity index (χ3n) is 4.67. The molecule has 7 heteroatoms. The summed E-state index contributed by atoms with van der Waals surface area (Å²) in [6, 6.07) is 8.34. The molecule has 0 spiro atoms. The lowest BCUT2D eigenvalue weighted by Crippen LogP contribution is -2.33. The SMILES string of the molecule is CCc1ccc2nc(N(CCCN(C)C)C(=O)c3ccn(C(C)C)n3)sc2c1. The van der Waals surface area contributed by atoms with E-state index in [1.54, 1.807) is 22.3 Å². The summed E-state index contributed by atoms with van der Waals surface area (Å²) in [4.78, 5) is 21.9. The minimum absolute atomic E-state index is 0.0899. The van der Waals surface area contributed by atoms with E-state index in [4.69, 9.17) is 4.98 Å². The summed E-state index contributed by atoms with van der Waals surface area (Å²) in [6.07, 6.45) is 3.73. The monoisotopic (exact) mass is 399 g/mol. The van der Waals surface area contributed by atoms with Crippen molar-refractivity contribution in [3.8, 4) is 0 Å². The number of benzene rings is 1. The van der Waals surface area contributed by atoms with E-state index in [1.807, 2.05) is 31.0 Å². The highest BCUT2D eigenvalue weighted by atomic mass is 32.1. The minimum Gasteiger partial charge on any atom is -0.309 e. The third-order valence-corrected chi connectivity index (χ3v) is 5.71. The van der Waals surface area contributed by atoms with Gasteiger partial charge in [0.2, 0.25) is 0 Å². The lowest BCUT2D eigenvalue weighted by atomic mass is 10.2. The van der Waals surface area contributed by atoms with E-state index in [-0.39, 0.29) is 11.9 Å². The number of aromatic nitrogens is 3. The Hall–Kier alpha value is -2.25. The van der Waals surface area contributed by atoms with Crippen molar-refractivity contribution in [1.82, 2.24) is 19.7 Å². The largest absolute Gasteiger partial charge is 0.309 e. The summed E-state index contributed by atoms with van der Waals surface area (Å²) in [5, 5.41) is 5.21. The highest BCUT2D eigenvalue weighted by Gasteiger charge is 2.23. The first-order valence-electron chi connectivity index (χ1n) is 9.80. The van der Waals surface area contributed by atoms with E-state index in [9.17, 15) is 4.79 Å². The quantitative estimate of drug-likeness (QED) is 0.569. The molecule has 0 aliphatic rings. The summed E-state index contributed by atoms with van der Waals surface area (Å²) < 4.78 is 2.93. The van der Waals surface area contributed by atoms with E-state index < -0.39 is 0 Å². The fourth-order valence-corrected chi connectivity index (χ4v) is 4.05. The summed E-state index contributed by atoms with van der Waals surface area (Å²) >= 11 is 1.58. The van der Waals surface area contributed by atoms with Gasteiger partial charge in [0.25, 0.3) is 5.91 Å². The maximum atomic E-state index is 13.3. The Kier molecular flexibility index (Phi) is 6.46. The maximum Gasteiger partial charge on any atom is 0.280 e. The first-order chi connectivity index (χ1) is 13.4. The molecule has 3 aromatic rings. The van der Waals surface area contributed by atoms with E-state index in [0.717, 1.165) is 34.7 Å². The highest BCUT2D eigenvalue weighted by Crippen LogP contribution is 2.30. The molecule has 0 fully saturated rings. The maximum absolute atomic E-state index is 13.3. The molecule has 0 N–H and O–H groups in total. The van der Waals surface area contributed by atoms with Crippen LogP contribution in [-0.4, -0.2) is 52.8 Å². The van der Waals surface area contributed by atoms with E-state index >= 15 is 0 Å². The van der Waals surface area contributed by atoms with E-state index in [0.29, 0.717) is 12.2 Å². The first kappa shape index (κ1) is 20.5. The van der Waals surface area contributed by atoms with Gasteiger partial charge in [-0.15, -0.1) is 0 Å². The molecule has 0 atom stereocenters. The lowest BCUT2D eigenvalue weighted by Gasteiger charge is -2.20. The Bertz CT molecular complexity index is 943. The van der Waals surface area contributed by atoms with Gasteiger partial charge < -0.3 is 4.90 Å². The van der Waals surface area contributed by atoms with Crippen LogP contribution in [0.5, 0.6) is 0 Å². The van der Waals surface area contributed by atoms with Crippen molar-refractivity contribution in [2.75, 3.05) is 32.1 Å². The molecule has 150 valence electrons. The summed E-state index contributed by atoms with van der Waals surface area (Å²) in [7, 11) is 4.08. The molecule has 0 aliphatic carbocycles. The van der Waals surface area contributed by atoms with Gasteiger partial charge in [0, 0.05) is 18.8 Å². The molecule has 0 bridgehead atoms. The molecule has 28 heavy (non-hydrogen) atoms. The average Bonchev–Trinajstić information content (AvgIpc) is 3.30. The van der Waals surface area contributed by atoms with Crippen molar-refractivity contribution in [3.05, 3.63) is 41.7 Å². The van der Waals surface area contributed by atoms with Gasteiger partial charge in [-0.2, -0.15) is 5.10 Å². The molecule has 0 saturated heterocycles. The fraction of sp³-hybridized carbons (Fsp3) is 0.476. The van der Waals surface area contributed by atoms with Crippen LogP contribution in [0.3, 0.4) is 0 Å². The topological polar surface area (TPSA) is 54.3 Å². The number of carbonyl (C=O) groups excluding carboxylic acids is 1. The number of aryl methyl sites for hydroxylation is 1. The van der Waals surface area contributed by atoms with Gasteiger partial charge in [-0.25, -0.2) is 4.98 Å². The van der Waals surface area contributed by atoms with Gasteiger partial charge in [0.15, 0.2) is 10.8 Å². The molecule has 0 radical (unpaired) electrons. The van der Waals surface area contributed by atoms with Gasteiger partial charge in [0.05, 0.1) is 10.2 Å². The molecule has 0 unspecified atom stereocenters. The molecule has 1 aromatic carbocycles. The first-order valence-corrected chi connectivity index (χ1v) is 10.6. The number of fused-ring (bicyclic) bond motifs is 1. The zero-order chi connectivity index (χ0) is 20.3. The molecule has 1 amide bonds. The van der Waals surface area contributed by atoms with Gasteiger partial charge in [-0.1, -0.05) is 24.3 Å². The van der Waals surface area contributed by atoms with Crippen molar-refractivity contribution in [2.45, 2.75) is 39.7 Å². The van der Waals surface area contributed by atoms with Crippen LogP contribution in [-0.2, 0) is 6.42 Å². The van der Waals surface area contributed by atoms with Gasteiger partial charge in [0.1, 0.15) is 0 Å². The zero-order valence-corrected chi connectivity index (χ0v) is 18.2. The predicted molar refractivity (Wildman–Crippen MR) is 116 cm³/mol. The number of hydrogen-bond donors (Lipinski definition) is 0. The number of hydrogen-bond acceptors (Lipinski definition) is 5. The second-order valence-corrected chi connectivity index (χ2v) is 8.55. The Balaban J connectivity index is 1.92. The molecule has 0 aliphatic heterocycles. The number of carbonyl (C=O) groups is 1. The Morgan fingerprint density at radius 2 is 2.00 bits per heavy atom. The second-order valence-electron chi connectivity index (χ2n) is 7.54. The number of anilines is 1. The van der Waals surface area contributed by atoms with Crippen LogP contribution in [0.1, 0.15) is 49.3 Å². The van der Waals surface area contributed by atoms with Crippen molar-refractivity contribution in [2.24, 2.45) is 0 Å². The van der Waals surface area contributed by atoms with Crippen LogP contribution in [0, 0.1) is 0 Å². The van der Waals surface area contributed by atoms with Crippen molar-refractivity contribution in [1.29, 1.82) is 0 Å². The fourth-order valence-electron chi connectivity index (χ4n) is 3.00. The highest BCUT2D eigenvalue weighted by molar-refractivity contribution is 7.22. The normalized spacial score (nSPS) is 11.7. The van der Waals surface area contributed by atoms with Crippen LogP contribution >= 0.6 is 11.3 Å². The van der Waals surface area contributed by atoms with Crippen molar-refractivity contribution >= 4 is 32.6 Å². The molecular formula is C21H29N5OS. The molecule has 0 saturated carbocycles. The molecule has 2 aromatic heterocycles. The number of rotatable bonds is 8. The third kappa shape index (κ3) is 4.59. The molecule has 6 nitrogen and oxygen atoms in total. The number of amides is 1. The van der Waals surface area contributed by atoms with Crippen LogP contribution in [0.2, 0.25) is 0 Å². The van der Waals surface area contributed by atoms with E-state index in [1.165, 1.54) is 5.56 Å². The van der Waals surface area contributed by atoms with Crippen LogP contribution in [0.25, 0.3) is 10.2 Å². The van der Waals surface area contributed by atoms with Crippen molar-refractivity contribution in [3.63, 3.8) is 0 Å². The summed E-state index contributed by atoms with van der Waals surface area (Å²) in [5.74, 6) is -0.0899. The van der Waals surface area contributed by atoms with Crippen molar-refractivity contribution < 1.29 is 4.79 Å². The second kappa shape index (κ2) is 8.84. The number of thiazole rings is 1. The Morgan fingerprint density at radius 1 is 1.21 bits per heavy atom. The van der Waals surface area contributed by atoms with Gasteiger partial charge in [-0.05, 0) is 71.1 Å². The smallest absolute Gasteiger partial charge is 0.280 e. The predicted octanol–water partition coefficient (Wildman–Crippen LogP) is 4.23.